The first-order valence-corrected chi connectivity index (χ1v) is 6.88. The third-order valence-electron chi connectivity index (χ3n) is 4.14. The second-order valence-electron chi connectivity index (χ2n) is 5.21. The number of rotatable bonds is 3. The van der Waals surface area contributed by atoms with Crippen molar-refractivity contribution < 1.29 is 9.84 Å². The average Bonchev–Trinajstić information content (AvgIpc) is 2.92. The number of hydrogen-bond acceptors (Lipinski definition) is 3. The van der Waals surface area contributed by atoms with Crippen LogP contribution in [0.4, 0.5) is 5.69 Å². The molecule has 0 bridgehead atoms. The highest BCUT2D eigenvalue weighted by Crippen LogP contribution is 2.41. The van der Waals surface area contributed by atoms with Crippen LogP contribution in [0.25, 0.3) is 0 Å². The Bertz CT molecular complexity index is 624. The lowest BCUT2D eigenvalue weighted by molar-refractivity contribution is 0.414. The molecule has 104 valence electrons. The van der Waals surface area contributed by atoms with Crippen molar-refractivity contribution in [2.24, 2.45) is 0 Å². The molecule has 0 radical (unpaired) electrons. The molecule has 0 fully saturated rings. The zero-order chi connectivity index (χ0) is 14.1. The summed E-state index contributed by atoms with van der Waals surface area (Å²) < 4.78 is 5.29. The van der Waals surface area contributed by atoms with E-state index in [4.69, 9.17) is 4.74 Å². The van der Waals surface area contributed by atoms with E-state index < -0.39 is 0 Å². The van der Waals surface area contributed by atoms with Crippen molar-refractivity contribution in [1.29, 1.82) is 0 Å². The number of fused-ring (bicyclic) bond motifs is 1. The number of methoxy groups -OCH3 is 1. The number of benzene rings is 2. The lowest BCUT2D eigenvalue weighted by Crippen LogP contribution is -2.22. The molecule has 0 heterocycles. The second-order valence-corrected chi connectivity index (χ2v) is 5.21. The summed E-state index contributed by atoms with van der Waals surface area (Å²) in [6.45, 7) is 0. The van der Waals surface area contributed by atoms with Crippen molar-refractivity contribution in [3.63, 3.8) is 0 Å². The maximum atomic E-state index is 9.95. The number of aromatic hydroxyl groups is 1. The SMILES string of the molecule is COc1cccc(N(C)C2CCc3c(O)cccc32)c1. The molecule has 0 saturated heterocycles. The van der Waals surface area contributed by atoms with Gasteiger partial charge in [-0.05, 0) is 42.2 Å². The van der Waals surface area contributed by atoms with Crippen LogP contribution in [0.2, 0.25) is 0 Å². The fraction of sp³-hybridized carbons (Fsp3) is 0.294. The fourth-order valence-corrected chi connectivity index (χ4v) is 3.03. The van der Waals surface area contributed by atoms with Crippen molar-refractivity contribution in [2.45, 2.75) is 18.9 Å². The normalized spacial score (nSPS) is 16.8. The first-order valence-electron chi connectivity index (χ1n) is 6.88. The van der Waals surface area contributed by atoms with Crippen molar-refractivity contribution in [3.8, 4) is 11.5 Å². The van der Waals surface area contributed by atoms with Gasteiger partial charge in [-0.2, -0.15) is 0 Å². The number of phenolic OH excluding ortho intramolecular Hbond substituents is 1. The zero-order valence-corrected chi connectivity index (χ0v) is 11.8. The molecule has 2 aromatic carbocycles. The summed E-state index contributed by atoms with van der Waals surface area (Å²) in [5, 5.41) is 9.95. The van der Waals surface area contributed by atoms with Gasteiger partial charge in [0.2, 0.25) is 0 Å². The van der Waals surface area contributed by atoms with Crippen LogP contribution in [0.15, 0.2) is 42.5 Å². The van der Waals surface area contributed by atoms with E-state index in [0.717, 1.165) is 29.8 Å². The molecule has 1 aliphatic carbocycles. The van der Waals surface area contributed by atoms with E-state index >= 15 is 0 Å². The summed E-state index contributed by atoms with van der Waals surface area (Å²) >= 11 is 0. The molecule has 0 spiro atoms. The summed E-state index contributed by atoms with van der Waals surface area (Å²) in [6.07, 6.45) is 1.96. The average molecular weight is 269 g/mol. The van der Waals surface area contributed by atoms with Gasteiger partial charge in [-0.25, -0.2) is 0 Å². The maximum Gasteiger partial charge on any atom is 0.120 e. The van der Waals surface area contributed by atoms with E-state index in [1.54, 1.807) is 13.2 Å². The summed E-state index contributed by atoms with van der Waals surface area (Å²) in [7, 11) is 3.78. The summed E-state index contributed by atoms with van der Waals surface area (Å²) in [5.41, 5.74) is 3.45. The first-order chi connectivity index (χ1) is 9.70. The van der Waals surface area contributed by atoms with Gasteiger partial charge in [-0.15, -0.1) is 0 Å². The number of anilines is 1. The molecule has 3 nitrogen and oxygen atoms in total. The highest BCUT2D eigenvalue weighted by molar-refractivity contribution is 5.55. The fourth-order valence-electron chi connectivity index (χ4n) is 3.03. The Morgan fingerprint density at radius 3 is 2.80 bits per heavy atom. The molecular formula is C17H19NO2. The third-order valence-corrected chi connectivity index (χ3v) is 4.14. The van der Waals surface area contributed by atoms with Gasteiger partial charge in [0.15, 0.2) is 0 Å². The molecule has 0 aliphatic heterocycles. The van der Waals surface area contributed by atoms with Gasteiger partial charge in [0, 0.05) is 18.8 Å². The van der Waals surface area contributed by atoms with E-state index in [9.17, 15) is 5.11 Å². The van der Waals surface area contributed by atoms with Gasteiger partial charge in [-0.3, -0.25) is 0 Å². The van der Waals surface area contributed by atoms with E-state index in [1.165, 1.54) is 5.56 Å². The Kier molecular flexibility index (Phi) is 3.26. The Morgan fingerprint density at radius 2 is 2.00 bits per heavy atom. The Labute approximate surface area is 119 Å². The van der Waals surface area contributed by atoms with Gasteiger partial charge in [0.05, 0.1) is 13.2 Å². The lowest BCUT2D eigenvalue weighted by atomic mass is 10.1. The van der Waals surface area contributed by atoms with Crippen LogP contribution in [-0.2, 0) is 6.42 Å². The molecule has 0 aromatic heterocycles. The van der Waals surface area contributed by atoms with E-state index in [1.807, 2.05) is 24.3 Å². The van der Waals surface area contributed by atoms with Gasteiger partial charge in [0.25, 0.3) is 0 Å². The van der Waals surface area contributed by atoms with Crippen molar-refractivity contribution in [1.82, 2.24) is 0 Å². The van der Waals surface area contributed by atoms with E-state index in [-0.39, 0.29) is 0 Å². The highest BCUT2D eigenvalue weighted by atomic mass is 16.5. The third kappa shape index (κ3) is 2.09. The molecule has 1 N–H and O–H groups in total. The predicted octanol–water partition coefficient (Wildman–Crippen LogP) is 3.52. The van der Waals surface area contributed by atoms with Crippen molar-refractivity contribution in [2.75, 3.05) is 19.1 Å². The topological polar surface area (TPSA) is 32.7 Å². The van der Waals surface area contributed by atoms with E-state index in [2.05, 4.69) is 24.1 Å². The number of hydrogen-bond donors (Lipinski definition) is 1. The molecular weight excluding hydrogens is 250 g/mol. The van der Waals surface area contributed by atoms with Gasteiger partial charge in [-0.1, -0.05) is 18.2 Å². The molecule has 1 aliphatic rings. The van der Waals surface area contributed by atoms with Crippen LogP contribution in [-0.4, -0.2) is 19.3 Å². The van der Waals surface area contributed by atoms with Crippen molar-refractivity contribution in [3.05, 3.63) is 53.6 Å². The molecule has 20 heavy (non-hydrogen) atoms. The van der Waals surface area contributed by atoms with Crippen LogP contribution in [0, 0.1) is 0 Å². The van der Waals surface area contributed by atoms with Gasteiger partial charge in [0.1, 0.15) is 11.5 Å². The smallest absolute Gasteiger partial charge is 0.120 e. The monoisotopic (exact) mass is 269 g/mol. The van der Waals surface area contributed by atoms with E-state index in [0.29, 0.717) is 11.8 Å². The van der Waals surface area contributed by atoms with Crippen molar-refractivity contribution >= 4 is 5.69 Å². The number of nitrogens with zero attached hydrogens (tertiary/aromatic N) is 1. The van der Waals surface area contributed by atoms with Gasteiger partial charge < -0.3 is 14.7 Å². The standard InChI is InChI=1S/C17H19NO2/c1-18(12-5-3-6-13(11-12)20-2)16-10-9-15-14(16)7-4-8-17(15)19/h3-8,11,16,19H,9-10H2,1-2H3. The molecule has 1 unspecified atom stereocenters. The largest absolute Gasteiger partial charge is 0.508 e. The number of ether oxygens (including phenoxy) is 1. The minimum absolute atomic E-state index is 0.309. The highest BCUT2D eigenvalue weighted by Gasteiger charge is 2.27. The maximum absolute atomic E-state index is 9.95. The molecule has 3 heteroatoms. The van der Waals surface area contributed by atoms with Crippen LogP contribution in [0.5, 0.6) is 11.5 Å². The lowest BCUT2D eigenvalue weighted by Gasteiger charge is -2.28. The second kappa shape index (κ2) is 5.08. The Hall–Kier alpha value is -2.16. The van der Waals surface area contributed by atoms with Crippen LogP contribution >= 0.6 is 0 Å². The molecule has 1 atom stereocenters. The summed E-state index contributed by atoms with van der Waals surface area (Å²) in [4.78, 5) is 2.26. The zero-order valence-electron chi connectivity index (χ0n) is 11.8. The van der Waals surface area contributed by atoms with Gasteiger partial charge >= 0.3 is 0 Å². The van der Waals surface area contributed by atoms with Crippen LogP contribution in [0.1, 0.15) is 23.6 Å². The number of phenols is 1. The molecule has 2 aromatic rings. The quantitative estimate of drug-likeness (QED) is 0.925. The summed E-state index contributed by atoms with van der Waals surface area (Å²) in [5.74, 6) is 1.28. The predicted molar refractivity (Wildman–Crippen MR) is 80.6 cm³/mol. The molecule has 0 amide bonds. The Balaban J connectivity index is 1.93. The van der Waals surface area contributed by atoms with Crippen LogP contribution < -0.4 is 9.64 Å². The molecule has 3 rings (SSSR count). The first kappa shape index (κ1) is 12.9. The minimum Gasteiger partial charge on any atom is -0.508 e. The summed E-state index contributed by atoms with van der Waals surface area (Å²) in [6, 6.07) is 14.2. The molecule has 0 saturated carbocycles. The minimum atomic E-state index is 0.309. The van der Waals surface area contributed by atoms with Crippen LogP contribution in [0.3, 0.4) is 0 Å². The Morgan fingerprint density at radius 1 is 1.20 bits per heavy atom.